The fourth-order valence-electron chi connectivity index (χ4n) is 2.12. The standard InChI is InChI=1S/C15H11Cl2NS/c1-9-2-5-14(17)18-15(9)12-8-19-13-4-3-10(7-16)6-11(12)13/h2-6,8H,7H2,1H3. The van der Waals surface area contributed by atoms with Crippen LogP contribution in [0.25, 0.3) is 21.3 Å². The van der Waals surface area contributed by atoms with E-state index in [-0.39, 0.29) is 0 Å². The number of alkyl halides is 1. The minimum absolute atomic E-state index is 0.521. The van der Waals surface area contributed by atoms with Gasteiger partial charge in [0.05, 0.1) is 5.69 Å². The van der Waals surface area contributed by atoms with Gasteiger partial charge in [-0.15, -0.1) is 22.9 Å². The predicted octanol–water partition coefficient (Wildman–Crippen LogP) is 5.66. The summed E-state index contributed by atoms with van der Waals surface area (Å²) in [6.45, 7) is 2.05. The molecule has 0 atom stereocenters. The summed E-state index contributed by atoms with van der Waals surface area (Å²) in [4.78, 5) is 4.46. The molecule has 0 spiro atoms. The van der Waals surface area contributed by atoms with Crippen LogP contribution in [0.4, 0.5) is 0 Å². The summed E-state index contributed by atoms with van der Waals surface area (Å²) >= 11 is 13.6. The lowest BCUT2D eigenvalue weighted by Crippen LogP contribution is -1.88. The Labute approximate surface area is 125 Å². The van der Waals surface area contributed by atoms with E-state index in [4.69, 9.17) is 23.2 Å². The summed E-state index contributed by atoms with van der Waals surface area (Å²) in [5, 5.41) is 3.85. The monoisotopic (exact) mass is 307 g/mol. The highest BCUT2D eigenvalue weighted by Gasteiger charge is 2.11. The number of aryl methyl sites for hydroxylation is 1. The first-order valence-corrected chi connectivity index (χ1v) is 7.68. The van der Waals surface area contributed by atoms with Crippen molar-refractivity contribution < 1.29 is 0 Å². The number of pyridine rings is 1. The van der Waals surface area contributed by atoms with Crippen LogP contribution in [0.3, 0.4) is 0 Å². The number of nitrogens with zero attached hydrogens (tertiary/aromatic N) is 1. The van der Waals surface area contributed by atoms with Crippen LogP contribution in [0.2, 0.25) is 5.15 Å². The third kappa shape index (κ3) is 2.36. The van der Waals surface area contributed by atoms with E-state index in [9.17, 15) is 0 Å². The predicted molar refractivity (Wildman–Crippen MR) is 84.4 cm³/mol. The molecule has 0 aliphatic rings. The molecular weight excluding hydrogens is 297 g/mol. The molecule has 2 heterocycles. The van der Waals surface area contributed by atoms with Crippen molar-refractivity contribution in [2.24, 2.45) is 0 Å². The number of aromatic nitrogens is 1. The lowest BCUT2D eigenvalue weighted by atomic mass is 10.0. The summed E-state index contributed by atoms with van der Waals surface area (Å²) < 4.78 is 1.24. The topological polar surface area (TPSA) is 12.9 Å². The fourth-order valence-corrected chi connectivity index (χ4v) is 3.36. The van der Waals surface area contributed by atoms with Crippen molar-refractivity contribution in [3.8, 4) is 11.3 Å². The molecule has 0 fully saturated rings. The third-order valence-electron chi connectivity index (χ3n) is 3.11. The minimum Gasteiger partial charge on any atom is -0.236 e. The Bertz CT molecular complexity index is 749. The Morgan fingerprint density at radius 3 is 2.84 bits per heavy atom. The molecule has 0 radical (unpaired) electrons. The molecular formula is C15H11Cl2NS. The van der Waals surface area contributed by atoms with Crippen LogP contribution < -0.4 is 0 Å². The van der Waals surface area contributed by atoms with E-state index < -0.39 is 0 Å². The SMILES string of the molecule is Cc1ccc(Cl)nc1-c1csc2ccc(CCl)cc12. The Morgan fingerprint density at radius 1 is 1.21 bits per heavy atom. The lowest BCUT2D eigenvalue weighted by Gasteiger charge is -2.05. The quantitative estimate of drug-likeness (QED) is 0.439. The second-order valence-corrected chi connectivity index (χ2v) is 5.98. The van der Waals surface area contributed by atoms with Gasteiger partial charge in [-0.3, -0.25) is 0 Å². The van der Waals surface area contributed by atoms with Gasteiger partial charge >= 0.3 is 0 Å². The Hall–Kier alpha value is -1.09. The van der Waals surface area contributed by atoms with E-state index in [2.05, 4.69) is 28.6 Å². The van der Waals surface area contributed by atoms with Gasteiger partial charge in [0.2, 0.25) is 0 Å². The molecule has 0 amide bonds. The van der Waals surface area contributed by atoms with Gasteiger partial charge in [0.15, 0.2) is 0 Å². The molecule has 3 rings (SSSR count). The van der Waals surface area contributed by atoms with Crippen LogP contribution >= 0.6 is 34.5 Å². The zero-order valence-electron chi connectivity index (χ0n) is 10.3. The summed E-state index contributed by atoms with van der Waals surface area (Å²) in [5.41, 5.74) is 4.33. The molecule has 3 aromatic rings. The largest absolute Gasteiger partial charge is 0.236 e. The fraction of sp³-hybridized carbons (Fsp3) is 0.133. The van der Waals surface area contributed by atoms with Crippen molar-refractivity contribution in [1.82, 2.24) is 4.98 Å². The molecule has 0 unspecified atom stereocenters. The van der Waals surface area contributed by atoms with E-state index in [0.717, 1.165) is 22.4 Å². The second kappa shape index (κ2) is 5.12. The number of halogens is 2. The maximum absolute atomic E-state index is 6.01. The van der Waals surface area contributed by atoms with Crippen LogP contribution in [0, 0.1) is 6.92 Å². The Kier molecular flexibility index (Phi) is 3.48. The van der Waals surface area contributed by atoms with E-state index in [0.29, 0.717) is 11.0 Å². The van der Waals surface area contributed by atoms with Gasteiger partial charge in [0.1, 0.15) is 5.15 Å². The smallest absolute Gasteiger partial charge is 0.129 e. The minimum atomic E-state index is 0.521. The van der Waals surface area contributed by atoms with E-state index in [1.165, 1.54) is 10.1 Å². The molecule has 0 saturated carbocycles. The molecule has 0 aliphatic heterocycles. The molecule has 96 valence electrons. The van der Waals surface area contributed by atoms with Crippen molar-refractivity contribution >= 4 is 44.6 Å². The number of rotatable bonds is 2. The number of benzene rings is 1. The number of thiophene rings is 1. The van der Waals surface area contributed by atoms with Gasteiger partial charge in [-0.05, 0) is 36.2 Å². The first-order chi connectivity index (χ1) is 9.19. The molecule has 0 N–H and O–H groups in total. The summed E-state index contributed by atoms with van der Waals surface area (Å²) in [6.07, 6.45) is 0. The first-order valence-electron chi connectivity index (χ1n) is 5.88. The highest BCUT2D eigenvalue weighted by atomic mass is 35.5. The molecule has 0 saturated heterocycles. The zero-order valence-corrected chi connectivity index (χ0v) is 12.6. The summed E-state index contributed by atoms with van der Waals surface area (Å²) in [7, 11) is 0. The summed E-state index contributed by atoms with van der Waals surface area (Å²) in [5.74, 6) is 0.521. The van der Waals surface area contributed by atoms with Crippen molar-refractivity contribution in [1.29, 1.82) is 0 Å². The van der Waals surface area contributed by atoms with Crippen molar-refractivity contribution in [2.45, 2.75) is 12.8 Å². The van der Waals surface area contributed by atoms with Crippen molar-refractivity contribution in [2.75, 3.05) is 0 Å². The number of hydrogen-bond donors (Lipinski definition) is 0. The Balaban J connectivity index is 2.27. The summed E-state index contributed by atoms with van der Waals surface area (Å²) in [6, 6.07) is 10.1. The lowest BCUT2D eigenvalue weighted by molar-refractivity contribution is 1.28. The average Bonchev–Trinajstić information content (AvgIpc) is 2.84. The van der Waals surface area contributed by atoms with E-state index in [1.54, 1.807) is 11.3 Å². The van der Waals surface area contributed by atoms with Gasteiger partial charge in [0.25, 0.3) is 0 Å². The maximum Gasteiger partial charge on any atom is 0.129 e. The zero-order chi connectivity index (χ0) is 13.4. The normalized spacial score (nSPS) is 11.1. The molecule has 19 heavy (non-hydrogen) atoms. The van der Waals surface area contributed by atoms with Gasteiger partial charge in [-0.1, -0.05) is 23.7 Å². The van der Waals surface area contributed by atoms with Crippen LogP contribution in [0.15, 0.2) is 35.7 Å². The second-order valence-electron chi connectivity index (χ2n) is 4.41. The van der Waals surface area contributed by atoms with Crippen molar-refractivity contribution in [3.63, 3.8) is 0 Å². The van der Waals surface area contributed by atoms with Crippen LogP contribution in [0.5, 0.6) is 0 Å². The molecule has 4 heteroatoms. The first kappa shape index (κ1) is 12.9. The van der Waals surface area contributed by atoms with Crippen LogP contribution in [0.1, 0.15) is 11.1 Å². The highest BCUT2D eigenvalue weighted by molar-refractivity contribution is 7.17. The number of fused-ring (bicyclic) bond motifs is 1. The maximum atomic E-state index is 6.01. The number of hydrogen-bond acceptors (Lipinski definition) is 2. The van der Waals surface area contributed by atoms with Gasteiger partial charge in [0, 0.05) is 26.9 Å². The highest BCUT2D eigenvalue weighted by Crippen LogP contribution is 2.35. The van der Waals surface area contributed by atoms with Gasteiger partial charge in [-0.2, -0.15) is 0 Å². The average molecular weight is 308 g/mol. The Morgan fingerprint density at radius 2 is 2.05 bits per heavy atom. The van der Waals surface area contributed by atoms with Gasteiger partial charge < -0.3 is 0 Å². The van der Waals surface area contributed by atoms with Crippen LogP contribution in [-0.2, 0) is 5.88 Å². The van der Waals surface area contributed by atoms with E-state index in [1.807, 2.05) is 19.1 Å². The van der Waals surface area contributed by atoms with Gasteiger partial charge in [-0.25, -0.2) is 4.98 Å². The van der Waals surface area contributed by atoms with Crippen molar-refractivity contribution in [3.05, 3.63) is 52.0 Å². The third-order valence-corrected chi connectivity index (χ3v) is 4.59. The molecule has 0 bridgehead atoms. The molecule has 1 aromatic carbocycles. The molecule has 0 aliphatic carbocycles. The van der Waals surface area contributed by atoms with E-state index >= 15 is 0 Å². The van der Waals surface area contributed by atoms with Crippen LogP contribution in [-0.4, -0.2) is 4.98 Å². The molecule has 1 nitrogen and oxygen atoms in total. The molecule has 2 aromatic heterocycles.